The first-order chi connectivity index (χ1) is 9.27. The molecule has 2 rings (SSSR count). The molecule has 20 heavy (non-hydrogen) atoms. The van der Waals surface area contributed by atoms with E-state index in [1.54, 1.807) is 18.2 Å². The van der Waals surface area contributed by atoms with Crippen molar-refractivity contribution in [2.24, 2.45) is 5.14 Å². The van der Waals surface area contributed by atoms with Gasteiger partial charge in [0.2, 0.25) is 10.0 Å². The molecule has 0 aliphatic rings. The Balaban J connectivity index is 2.49. The fraction of sp³-hybridized carbons (Fsp3) is 0. The van der Waals surface area contributed by atoms with Crippen LogP contribution in [0, 0.1) is 0 Å². The first kappa shape index (κ1) is 15.1. The monoisotopic (exact) mass is 376 g/mol. The summed E-state index contributed by atoms with van der Waals surface area (Å²) in [7, 11) is -3.94. The van der Waals surface area contributed by atoms with Crippen LogP contribution in [0.4, 0.5) is 5.69 Å². The van der Waals surface area contributed by atoms with Gasteiger partial charge in [-0.15, -0.1) is 0 Å². The molecule has 8 heteroatoms. The van der Waals surface area contributed by atoms with Crippen LogP contribution in [0.2, 0.25) is 5.02 Å². The number of primary sulfonamides is 1. The Kier molecular flexibility index (Phi) is 4.24. The van der Waals surface area contributed by atoms with Crippen molar-refractivity contribution in [1.82, 2.24) is 0 Å². The SMILES string of the molecule is Nc1ccc(Oc2ccc(Cl)cc2Br)c(S(N)(=O)=O)c1. The van der Waals surface area contributed by atoms with Crippen LogP contribution in [0.5, 0.6) is 11.5 Å². The topological polar surface area (TPSA) is 95.4 Å². The molecule has 0 aliphatic carbocycles. The highest BCUT2D eigenvalue weighted by molar-refractivity contribution is 9.10. The maximum absolute atomic E-state index is 11.5. The molecule has 0 fully saturated rings. The number of hydrogen-bond donors (Lipinski definition) is 2. The van der Waals surface area contributed by atoms with Crippen LogP contribution < -0.4 is 15.6 Å². The van der Waals surface area contributed by atoms with Crippen molar-refractivity contribution in [3.05, 3.63) is 45.9 Å². The van der Waals surface area contributed by atoms with Crippen molar-refractivity contribution in [1.29, 1.82) is 0 Å². The van der Waals surface area contributed by atoms with E-state index in [0.29, 0.717) is 15.2 Å². The van der Waals surface area contributed by atoms with Gasteiger partial charge < -0.3 is 10.5 Å². The largest absolute Gasteiger partial charge is 0.455 e. The number of ether oxygens (including phenoxy) is 1. The zero-order chi connectivity index (χ0) is 14.9. The third kappa shape index (κ3) is 3.43. The summed E-state index contributed by atoms with van der Waals surface area (Å²) in [6.07, 6.45) is 0. The number of sulfonamides is 1. The Morgan fingerprint density at radius 2 is 1.75 bits per heavy atom. The van der Waals surface area contributed by atoms with Gasteiger partial charge in [-0.1, -0.05) is 11.6 Å². The molecule has 0 atom stereocenters. The lowest BCUT2D eigenvalue weighted by Gasteiger charge is -2.12. The molecule has 0 aromatic heterocycles. The normalized spacial score (nSPS) is 11.3. The average molecular weight is 378 g/mol. The standard InChI is InChI=1S/C12H10BrClN2O3S/c13-9-5-7(14)1-3-10(9)19-11-4-2-8(15)6-12(11)20(16,17)18/h1-6H,15H2,(H2,16,17,18). The molecule has 5 nitrogen and oxygen atoms in total. The molecule has 106 valence electrons. The van der Waals surface area contributed by atoms with Crippen molar-refractivity contribution in [2.45, 2.75) is 4.90 Å². The number of nitrogens with two attached hydrogens (primary N) is 2. The van der Waals surface area contributed by atoms with E-state index in [4.69, 9.17) is 27.2 Å². The summed E-state index contributed by atoms with van der Waals surface area (Å²) in [4.78, 5) is -0.181. The molecule has 0 bridgehead atoms. The smallest absolute Gasteiger partial charge is 0.241 e. The Morgan fingerprint density at radius 3 is 2.35 bits per heavy atom. The maximum Gasteiger partial charge on any atom is 0.241 e. The van der Waals surface area contributed by atoms with Gasteiger partial charge in [0.25, 0.3) is 0 Å². The Hall–Kier alpha value is -1.28. The molecule has 2 aromatic rings. The van der Waals surface area contributed by atoms with E-state index in [1.807, 2.05) is 0 Å². The zero-order valence-electron chi connectivity index (χ0n) is 10.0. The highest BCUT2D eigenvalue weighted by Crippen LogP contribution is 2.35. The number of anilines is 1. The van der Waals surface area contributed by atoms with Crippen LogP contribution in [0.3, 0.4) is 0 Å². The molecule has 2 aromatic carbocycles. The molecule has 0 radical (unpaired) electrons. The molecular formula is C12H10BrClN2O3S. The summed E-state index contributed by atoms with van der Waals surface area (Å²) < 4.78 is 29.2. The molecule has 0 saturated carbocycles. The van der Waals surface area contributed by atoms with Crippen molar-refractivity contribution >= 4 is 43.2 Å². The Bertz CT molecular complexity index is 765. The molecule has 0 spiro atoms. The highest BCUT2D eigenvalue weighted by Gasteiger charge is 2.17. The van der Waals surface area contributed by atoms with E-state index in [0.717, 1.165) is 0 Å². The summed E-state index contributed by atoms with van der Waals surface area (Å²) in [5.41, 5.74) is 5.84. The van der Waals surface area contributed by atoms with Crippen molar-refractivity contribution in [2.75, 3.05) is 5.73 Å². The number of halogens is 2. The van der Waals surface area contributed by atoms with Crippen LogP contribution in [-0.4, -0.2) is 8.42 Å². The number of nitrogen functional groups attached to an aromatic ring is 1. The lowest BCUT2D eigenvalue weighted by Crippen LogP contribution is -2.13. The predicted molar refractivity (Wildman–Crippen MR) is 81.5 cm³/mol. The van der Waals surface area contributed by atoms with Crippen LogP contribution >= 0.6 is 27.5 Å². The quantitative estimate of drug-likeness (QED) is 0.803. The lowest BCUT2D eigenvalue weighted by atomic mass is 10.3. The number of rotatable bonds is 3. The number of hydrogen-bond acceptors (Lipinski definition) is 4. The molecule has 0 amide bonds. The van der Waals surface area contributed by atoms with Gasteiger partial charge in [0.1, 0.15) is 16.4 Å². The van der Waals surface area contributed by atoms with E-state index >= 15 is 0 Å². The predicted octanol–water partition coefficient (Wildman–Crippen LogP) is 3.12. The van der Waals surface area contributed by atoms with Gasteiger partial charge in [-0.25, -0.2) is 13.6 Å². The van der Waals surface area contributed by atoms with Crippen molar-refractivity contribution in [3.8, 4) is 11.5 Å². The summed E-state index contributed by atoms with van der Waals surface area (Å²) in [6, 6.07) is 9.06. The second-order valence-corrected chi connectivity index (χ2v) is 6.75. The second-order valence-electron chi connectivity index (χ2n) is 3.93. The number of benzene rings is 2. The summed E-state index contributed by atoms with van der Waals surface area (Å²) >= 11 is 9.11. The third-order valence-electron chi connectivity index (χ3n) is 2.39. The Labute approximate surface area is 129 Å². The van der Waals surface area contributed by atoms with Gasteiger partial charge in [-0.3, -0.25) is 0 Å². The zero-order valence-corrected chi connectivity index (χ0v) is 13.2. The first-order valence-electron chi connectivity index (χ1n) is 5.32. The minimum atomic E-state index is -3.94. The van der Waals surface area contributed by atoms with Crippen LogP contribution in [0.25, 0.3) is 0 Å². The highest BCUT2D eigenvalue weighted by atomic mass is 79.9. The van der Waals surface area contributed by atoms with Crippen LogP contribution in [0.1, 0.15) is 0 Å². The minimum Gasteiger partial charge on any atom is -0.455 e. The molecule has 0 heterocycles. The Morgan fingerprint density at radius 1 is 1.10 bits per heavy atom. The van der Waals surface area contributed by atoms with Gasteiger partial charge in [-0.05, 0) is 52.3 Å². The van der Waals surface area contributed by atoms with Gasteiger partial charge in [0.15, 0.2) is 0 Å². The van der Waals surface area contributed by atoms with Gasteiger partial charge in [-0.2, -0.15) is 0 Å². The maximum atomic E-state index is 11.5. The van der Waals surface area contributed by atoms with Crippen LogP contribution in [-0.2, 0) is 10.0 Å². The summed E-state index contributed by atoms with van der Waals surface area (Å²) in [6.45, 7) is 0. The molecule has 4 N–H and O–H groups in total. The third-order valence-corrected chi connectivity index (χ3v) is 4.18. The van der Waals surface area contributed by atoms with E-state index in [9.17, 15) is 8.42 Å². The molecule has 0 aliphatic heterocycles. The minimum absolute atomic E-state index is 0.0877. The lowest BCUT2D eigenvalue weighted by molar-refractivity contribution is 0.465. The first-order valence-corrected chi connectivity index (χ1v) is 8.04. The second kappa shape index (κ2) is 5.61. The summed E-state index contributed by atoms with van der Waals surface area (Å²) in [5.74, 6) is 0.494. The van der Waals surface area contributed by atoms with Crippen molar-refractivity contribution < 1.29 is 13.2 Å². The van der Waals surface area contributed by atoms with E-state index in [-0.39, 0.29) is 16.3 Å². The average Bonchev–Trinajstić information content (AvgIpc) is 2.33. The fourth-order valence-electron chi connectivity index (χ4n) is 1.51. The fourth-order valence-corrected chi connectivity index (χ4v) is 2.96. The van der Waals surface area contributed by atoms with E-state index in [1.165, 1.54) is 18.2 Å². The molecule has 0 saturated heterocycles. The van der Waals surface area contributed by atoms with E-state index in [2.05, 4.69) is 15.9 Å². The molecular weight excluding hydrogens is 368 g/mol. The molecule has 0 unspecified atom stereocenters. The van der Waals surface area contributed by atoms with Gasteiger partial charge in [0, 0.05) is 10.7 Å². The van der Waals surface area contributed by atoms with Gasteiger partial charge >= 0.3 is 0 Å². The van der Waals surface area contributed by atoms with Crippen molar-refractivity contribution in [3.63, 3.8) is 0 Å². The van der Waals surface area contributed by atoms with Crippen LogP contribution in [0.15, 0.2) is 45.8 Å². The van der Waals surface area contributed by atoms with Gasteiger partial charge in [0.05, 0.1) is 4.47 Å². The van der Waals surface area contributed by atoms with E-state index < -0.39 is 10.0 Å². The summed E-state index contributed by atoms with van der Waals surface area (Å²) in [5, 5.41) is 5.67.